The van der Waals surface area contributed by atoms with Crippen molar-refractivity contribution in [2.45, 2.75) is 13.0 Å². The average molecular weight is 259 g/mol. The van der Waals surface area contributed by atoms with Crippen molar-refractivity contribution >= 4 is 21.9 Å². The Balaban J connectivity index is 2.56. The van der Waals surface area contributed by atoms with Gasteiger partial charge < -0.3 is 9.84 Å². The van der Waals surface area contributed by atoms with Gasteiger partial charge in [0.05, 0.1) is 0 Å². The lowest BCUT2D eigenvalue weighted by Crippen LogP contribution is -2.09. The molecule has 0 aliphatic rings. The van der Waals surface area contributed by atoms with Gasteiger partial charge in [0.15, 0.2) is 0 Å². The number of rotatable bonds is 3. The van der Waals surface area contributed by atoms with Gasteiger partial charge in [0, 0.05) is 11.4 Å². The first kappa shape index (κ1) is 11.2. The summed E-state index contributed by atoms with van der Waals surface area (Å²) in [5.41, 5.74) is 0.731. The summed E-state index contributed by atoms with van der Waals surface area (Å²) < 4.78 is 5.63. The lowest BCUT2D eigenvalue weighted by Gasteiger charge is -2.10. The molecule has 1 N–H and O–H groups in total. The summed E-state index contributed by atoms with van der Waals surface area (Å²) in [5, 5.41) is 9.57. The molecular formula is C10H11BrO3. The van der Waals surface area contributed by atoms with Gasteiger partial charge in [-0.05, 0) is 17.7 Å². The van der Waals surface area contributed by atoms with E-state index in [1.54, 1.807) is 12.1 Å². The zero-order valence-electron chi connectivity index (χ0n) is 7.74. The summed E-state index contributed by atoms with van der Waals surface area (Å²) in [5.74, 6) is -0.388. The molecular weight excluding hydrogens is 248 g/mol. The Morgan fingerprint density at radius 3 is 2.57 bits per heavy atom. The third-order valence-electron chi connectivity index (χ3n) is 1.70. The Bertz CT molecular complexity index is 308. The summed E-state index contributed by atoms with van der Waals surface area (Å²) in [7, 11) is 0. The van der Waals surface area contributed by atoms with E-state index >= 15 is 0 Å². The average Bonchev–Trinajstić information content (AvgIpc) is 2.15. The van der Waals surface area contributed by atoms with Gasteiger partial charge in [0.1, 0.15) is 12.7 Å². The van der Waals surface area contributed by atoms with E-state index in [0.717, 1.165) is 10.0 Å². The van der Waals surface area contributed by atoms with E-state index in [2.05, 4.69) is 20.7 Å². The highest BCUT2D eigenvalue weighted by Gasteiger charge is 2.08. The molecule has 0 heterocycles. The Hall–Kier alpha value is -0.870. The first-order valence-corrected chi connectivity index (χ1v) is 4.96. The van der Waals surface area contributed by atoms with Gasteiger partial charge in [-0.1, -0.05) is 28.1 Å². The molecule has 1 atom stereocenters. The topological polar surface area (TPSA) is 46.5 Å². The van der Waals surface area contributed by atoms with E-state index in [4.69, 9.17) is 0 Å². The number of carbonyl (C=O) groups excluding carboxylic acids is 1. The van der Waals surface area contributed by atoms with Crippen LogP contribution in [0.2, 0.25) is 0 Å². The molecule has 14 heavy (non-hydrogen) atoms. The van der Waals surface area contributed by atoms with Crippen molar-refractivity contribution in [3.05, 3.63) is 34.3 Å². The van der Waals surface area contributed by atoms with Crippen LogP contribution in [0.15, 0.2) is 28.7 Å². The van der Waals surface area contributed by atoms with Crippen LogP contribution < -0.4 is 0 Å². The number of benzene rings is 1. The molecule has 0 unspecified atom stereocenters. The molecule has 1 rings (SSSR count). The van der Waals surface area contributed by atoms with E-state index in [1.165, 1.54) is 6.92 Å². The number of hydrogen-bond acceptors (Lipinski definition) is 3. The number of hydrogen-bond donors (Lipinski definition) is 1. The van der Waals surface area contributed by atoms with Crippen LogP contribution in [-0.4, -0.2) is 17.7 Å². The smallest absolute Gasteiger partial charge is 0.302 e. The van der Waals surface area contributed by atoms with Crippen molar-refractivity contribution in [3.63, 3.8) is 0 Å². The molecule has 76 valence electrons. The van der Waals surface area contributed by atoms with Crippen LogP contribution in [0.4, 0.5) is 0 Å². The van der Waals surface area contributed by atoms with Gasteiger partial charge in [-0.15, -0.1) is 0 Å². The number of esters is 1. The van der Waals surface area contributed by atoms with E-state index in [1.807, 2.05) is 12.1 Å². The summed E-state index contributed by atoms with van der Waals surface area (Å²) in [6.07, 6.45) is -0.757. The summed E-state index contributed by atoms with van der Waals surface area (Å²) in [4.78, 5) is 10.5. The van der Waals surface area contributed by atoms with Gasteiger partial charge in [-0.2, -0.15) is 0 Å². The largest absolute Gasteiger partial charge is 0.463 e. The Morgan fingerprint density at radius 1 is 1.50 bits per heavy atom. The van der Waals surface area contributed by atoms with Crippen LogP contribution in [-0.2, 0) is 9.53 Å². The predicted octanol–water partition coefficient (Wildman–Crippen LogP) is 2.05. The normalized spacial score (nSPS) is 12.2. The summed E-state index contributed by atoms with van der Waals surface area (Å²) in [6, 6.07) is 7.20. The van der Waals surface area contributed by atoms with E-state index < -0.39 is 6.10 Å². The molecule has 0 amide bonds. The van der Waals surface area contributed by atoms with Crippen molar-refractivity contribution in [1.82, 2.24) is 0 Å². The molecule has 0 radical (unpaired) electrons. The first-order chi connectivity index (χ1) is 6.59. The number of aliphatic hydroxyl groups excluding tert-OH is 1. The lowest BCUT2D eigenvalue weighted by atomic mass is 10.1. The maximum absolute atomic E-state index is 10.5. The van der Waals surface area contributed by atoms with Crippen molar-refractivity contribution in [2.75, 3.05) is 6.61 Å². The predicted molar refractivity (Wildman–Crippen MR) is 55.7 cm³/mol. The minimum Gasteiger partial charge on any atom is -0.463 e. The summed E-state index contributed by atoms with van der Waals surface area (Å²) in [6.45, 7) is 1.31. The van der Waals surface area contributed by atoms with Crippen LogP contribution >= 0.6 is 15.9 Å². The second-order valence-electron chi connectivity index (χ2n) is 2.87. The van der Waals surface area contributed by atoms with Gasteiger partial charge in [-0.3, -0.25) is 4.79 Å². The molecule has 0 bridgehead atoms. The highest BCUT2D eigenvalue weighted by Crippen LogP contribution is 2.16. The molecule has 0 aromatic heterocycles. The summed E-state index contributed by atoms with van der Waals surface area (Å²) >= 11 is 3.29. The fourth-order valence-electron chi connectivity index (χ4n) is 0.977. The van der Waals surface area contributed by atoms with E-state index in [0.29, 0.717) is 0 Å². The minimum atomic E-state index is -0.757. The molecule has 4 heteroatoms. The maximum atomic E-state index is 10.5. The van der Waals surface area contributed by atoms with Crippen molar-refractivity contribution in [1.29, 1.82) is 0 Å². The highest BCUT2D eigenvalue weighted by molar-refractivity contribution is 9.10. The fourth-order valence-corrected chi connectivity index (χ4v) is 1.24. The van der Waals surface area contributed by atoms with Gasteiger partial charge in [0.25, 0.3) is 0 Å². The van der Waals surface area contributed by atoms with Crippen molar-refractivity contribution < 1.29 is 14.6 Å². The molecule has 0 saturated carbocycles. The number of ether oxygens (including phenoxy) is 1. The molecule has 0 spiro atoms. The molecule has 0 aliphatic heterocycles. The van der Waals surface area contributed by atoms with E-state index in [-0.39, 0.29) is 12.6 Å². The monoisotopic (exact) mass is 258 g/mol. The van der Waals surface area contributed by atoms with Gasteiger partial charge in [-0.25, -0.2) is 0 Å². The van der Waals surface area contributed by atoms with Crippen LogP contribution in [0, 0.1) is 0 Å². The maximum Gasteiger partial charge on any atom is 0.302 e. The Kier molecular flexibility index (Phi) is 4.10. The van der Waals surface area contributed by atoms with Crippen LogP contribution in [0.25, 0.3) is 0 Å². The Labute approximate surface area is 90.8 Å². The SMILES string of the molecule is CC(=O)OC[C@@H](O)c1ccc(Br)cc1. The Morgan fingerprint density at radius 2 is 2.07 bits per heavy atom. The zero-order valence-corrected chi connectivity index (χ0v) is 9.32. The van der Waals surface area contributed by atoms with Gasteiger partial charge in [0.2, 0.25) is 0 Å². The van der Waals surface area contributed by atoms with Crippen LogP contribution in [0.3, 0.4) is 0 Å². The first-order valence-electron chi connectivity index (χ1n) is 4.16. The lowest BCUT2D eigenvalue weighted by molar-refractivity contribution is -0.144. The number of aliphatic hydroxyl groups is 1. The quantitative estimate of drug-likeness (QED) is 0.845. The molecule has 0 aliphatic carbocycles. The molecule has 3 nitrogen and oxygen atoms in total. The number of carbonyl (C=O) groups is 1. The van der Waals surface area contributed by atoms with Crippen molar-refractivity contribution in [3.8, 4) is 0 Å². The second kappa shape index (κ2) is 5.12. The van der Waals surface area contributed by atoms with Gasteiger partial charge >= 0.3 is 5.97 Å². The molecule has 1 aromatic carbocycles. The van der Waals surface area contributed by atoms with Crippen LogP contribution in [0.1, 0.15) is 18.6 Å². The third kappa shape index (κ3) is 3.47. The third-order valence-corrected chi connectivity index (χ3v) is 2.23. The molecule has 1 aromatic rings. The fraction of sp³-hybridized carbons (Fsp3) is 0.300. The van der Waals surface area contributed by atoms with Crippen LogP contribution in [0.5, 0.6) is 0 Å². The standard InChI is InChI=1S/C10H11BrO3/c1-7(12)14-6-10(13)8-2-4-9(11)5-3-8/h2-5,10,13H,6H2,1H3/t10-/m1/s1. The second-order valence-corrected chi connectivity index (χ2v) is 3.79. The van der Waals surface area contributed by atoms with E-state index in [9.17, 15) is 9.90 Å². The minimum absolute atomic E-state index is 0.00301. The molecule has 0 fully saturated rings. The molecule has 0 saturated heterocycles. The zero-order chi connectivity index (χ0) is 10.6. The number of halogens is 1. The van der Waals surface area contributed by atoms with Crippen molar-refractivity contribution in [2.24, 2.45) is 0 Å². The highest BCUT2D eigenvalue weighted by atomic mass is 79.9.